The van der Waals surface area contributed by atoms with E-state index in [1.807, 2.05) is 19.2 Å². The van der Waals surface area contributed by atoms with Gasteiger partial charge in [0.25, 0.3) is 0 Å². The van der Waals surface area contributed by atoms with E-state index in [4.69, 9.17) is 10.8 Å². The number of benzene rings is 1. The molecule has 1 aromatic carbocycles. The van der Waals surface area contributed by atoms with Crippen molar-refractivity contribution in [3.05, 3.63) is 30.0 Å². The smallest absolute Gasteiger partial charge is 0.0652 e. The maximum absolute atomic E-state index is 9.00. The van der Waals surface area contributed by atoms with Crippen molar-refractivity contribution in [2.75, 3.05) is 25.1 Å². The number of likely N-dealkylation sites (N-methyl/N-ethyl adjacent to an activating group) is 1. The molecule has 4 N–H and O–H groups in total. The summed E-state index contributed by atoms with van der Waals surface area (Å²) in [6.07, 6.45) is 0. The molecule has 2 rings (SSSR count). The highest BCUT2D eigenvalue weighted by molar-refractivity contribution is 5.94. The van der Waals surface area contributed by atoms with Crippen LogP contribution in [-0.4, -0.2) is 36.3 Å². The minimum absolute atomic E-state index is 0.00570. The van der Waals surface area contributed by atoms with Crippen molar-refractivity contribution < 1.29 is 5.11 Å². The highest BCUT2D eigenvalue weighted by Crippen LogP contribution is 2.29. The SMILES string of the molecule is Cc1[nH]c2ccccc2c1N(C)CC(N)CO. The van der Waals surface area contributed by atoms with Crippen LogP contribution in [0.5, 0.6) is 0 Å². The topological polar surface area (TPSA) is 65.3 Å². The molecule has 2 aromatic rings. The molecular weight excluding hydrogens is 214 g/mol. The van der Waals surface area contributed by atoms with Crippen molar-refractivity contribution in [3.8, 4) is 0 Å². The maximum atomic E-state index is 9.00. The molecule has 1 atom stereocenters. The lowest BCUT2D eigenvalue weighted by Crippen LogP contribution is -2.38. The summed E-state index contributed by atoms with van der Waals surface area (Å²) in [5.41, 5.74) is 9.18. The summed E-state index contributed by atoms with van der Waals surface area (Å²) in [4.78, 5) is 5.45. The fourth-order valence-corrected chi connectivity index (χ4v) is 2.25. The predicted octanol–water partition coefficient (Wildman–Crippen LogP) is 1.23. The number of aromatic nitrogens is 1. The average Bonchev–Trinajstić information content (AvgIpc) is 2.64. The van der Waals surface area contributed by atoms with E-state index in [1.54, 1.807) is 0 Å². The van der Waals surface area contributed by atoms with Crippen molar-refractivity contribution in [1.29, 1.82) is 0 Å². The van der Waals surface area contributed by atoms with Crippen LogP contribution in [0.25, 0.3) is 10.9 Å². The van der Waals surface area contributed by atoms with Gasteiger partial charge in [-0.3, -0.25) is 0 Å². The Labute approximate surface area is 101 Å². The van der Waals surface area contributed by atoms with E-state index in [0.717, 1.165) is 16.9 Å². The Morgan fingerprint density at radius 1 is 1.41 bits per heavy atom. The molecule has 0 amide bonds. The van der Waals surface area contributed by atoms with Crippen LogP contribution in [0.1, 0.15) is 5.69 Å². The van der Waals surface area contributed by atoms with Gasteiger partial charge in [-0.05, 0) is 13.0 Å². The molecule has 1 unspecified atom stereocenters. The summed E-state index contributed by atoms with van der Waals surface area (Å²) in [5, 5.41) is 10.2. The summed E-state index contributed by atoms with van der Waals surface area (Å²) >= 11 is 0. The molecule has 4 nitrogen and oxygen atoms in total. The summed E-state index contributed by atoms with van der Waals surface area (Å²) in [6.45, 7) is 2.70. The van der Waals surface area contributed by atoms with E-state index in [0.29, 0.717) is 6.54 Å². The lowest BCUT2D eigenvalue weighted by atomic mass is 10.2. The normalized spacial score (nSPS) is 12.9. The number of anilines is 1. The average molecular weight is 233 g/mol. The molecular formula is C13H19N3O. The molecule has 17 heavy (non-hydrogen) atoms. The maximum Gasteiger partial charge on any atom is 0.0652 e. The summed E-state index contributed by atoms with van der Waals surface area (Å²) in [5.74, 6) is 0. The van der Waals surface area contributed by atoms with Gasteiger partial charge in [0, 0.05) is 36.2 Å². The van der Waals surface area contributed by atoms with Crippen LogP contribution in [0.3, 0.4) is 0 Å². The number of rotatable bonds is 4. The Morgan fingerprint density at radius 2 is 2.12 bits per heavy atom. The summed E-state index contributed by atoms with van der Waals surface area (Å²) in [6, 6.07) is 7.98. The van der Waals surface area contributed by atoms with Gasteiger partial charge in [-0.25, -0.2) is 0 Å². The van der Waals surface area contributed by atoms with Gasteiger partial charge in [-0.2, -0.15) is 0 Å². The number of nitrogens with zero attached hydrogens (tertiary/aromatic N) is 1. The number of para-hydroxylation sites is 1. The van der Waals surface area contributed by atoms with E-state index < -0.39 is 0 Å². The van der Waals surface area contributed by atoms with Crippen LogP contribution in [0.2, 0.25) is 0 Å². The second kappa shape index (κ2) is 4.77. The van der Waals surface area contributed by atoms with Gasteiger partial charge in [0.1, 0.15) is 0 Å². The van der Waals surface area contributed by atoms with Crippen molar-refractivity contribution in [1.82, 2.24) is 4.98 Å². The zero-order valence-electron chi connectivity index (χ0n) is 10.3. The lowest BCUT2D eigenvalue weighted by Gasteiger charge is -2.22. The number of H-pyrrole nitrogens is 1. The number of aromatic amines is 1. The van der Waals surface area contributed by atoms with E-state index in [9.17, 15) is 0 Å². The zero-order valence-corrected chi connectivity index (χ0v) is 10.3. The second-order valence-corrected chi connectivity index (χ2v) is 4.47. The Bertz CT molecular complexity index is 506. The minimum Gasteiger partial charge on any atom is -0.395 e. The summed E-state index contributed by atoms with van der Waals surface area (Å²) < 4.78 is 0. The number of nitrogens with one attached hydrogen (secondary N) is 1. The minimum atomic E-state index is -0.215. The number of hydrogen-bond acceptors (Lipinski definition) is 3. The Morgan fingerprint density at radius 3 is 2.82 bits per heavy atom. The largest absolute Gasteiger partial charge is 0.395 e. The number of aliphatic hydroxyl groups is 1. The van der Waals surface area contributed by atoms with Crippen LogP contribution in [-0.2, 0) is 0 Å². The number of hydrogen-bond donors (Lipinski definition) is 3. The fourth-order valence-electron chi connectivity index (χ4n) is 2.25. The number of aryl methyl sites for hydroxylation is 1. The first kappa shape index (κ1) is 12.0. The van der Waals surface area contributed by atoms with Crippen LogP contribution in [0, 0.1) is 6.92 Å². The van der Waals surface area contributed by atoms with Gasteiger partial charge >= 0.3 is 0 Å². The molecule has 0 fully saturated rings. The third kappa shape index (κ3) is 2.28. The molecule has 0 radical (unpaired) electrons. The molecule has 0 saturated carbocycles. The van der Waals surface area contributed by atoms with Gasteiger partial charge < -0.3 is 20.7 Å². The molecule has 4 heteroatoms. The molecule has 0 aliphatic carbocycles. The van der Waals surface area contributed by atoms with Gasteiger partial charge in [0.15, 0.2) is 0 Å². The van der Waals surface area contributed by atoms with Crippen LogP contribution >= 0.6 is 0 Å². The Hall–Kier alpha value is -1.52. The Balaban J connectivity index is 2.37. The first-order chi connectivity index (χ1) is 8.13. The first-order valence-corrected chi connectivity index (χ1v) is 5.78. The van der Waals surface area contributed by atoms with Gasteiger partial charge in [0.2, 0.25) is 0 Å². The first-order valence-electron chi connectivity index (χ1n) is 5.78. The number of aliphatic hydroxyl groups excluding tert-OH is 1. The quantitative estimate of drug-likeness (QED) is 0.744. The van der Waals surface area contributed by atoms with E-state index in [-0.39, 0.29) is 12.6 Å². The molecule has 0 aliphatic heterocycles. The zero-order chi connectivity index (χ0) is 12.4. The molecule has 1 heterocycles. The highest BCUT2D eigenvalue weighted by Gasteiger charge is 2.14. The third-order valence-corrected chi connectivity index (χ3v) is 2.98. The third-order valence-electron chi connectivity index (χ3n) is 2.98. The lowest BCUT2D eigenvalue weighted by molar-refractivity contribution is 0.267. The number of nitrogens with two attached hydrogens (primary N) is 1. The van der Waals surface area contributed by atoms with Gasteiger partial charge in [0.05, 0.1) is 12.3 Å². The van der Waals surface area contributed by atoms with E-state index in [2.05, 4.69) is 28.9 Å². The highest BCUT2D eigenvalue weighted by atomic mass is 16.3. The van der Waals surface area contributed by atoms with E-state index in [1.165, 1.54) is 5.39 Å². The molecule has 0 spiro atoms. The van der Waals surface area contributed by atoms with Crippen molar-refractivity contribution >= 4 is 16.6 Å². The van der Waals surface area contributed by atoms with Crippen molar-refractivity contribution in [2.24, 2.45) is 5.73 Å². The fraction of sp³-hybridized carbons (Fsp3) is 0.385. The summed E-state index contributed by atoms with van der Waals surface area (Å²) in [7, 11) is 2.00. The predicted molar refractivity (Wildman–Crippen MR) is 71.4 cm³/mol. The van der Waals surface area contributed by atoms with E-state index >= 15 is 0 Å². The number of fused-ring (bicyclic) bond motifs is 1. The molecule has 0 aliphatic rings. The Kier molecular flexibility index (Phi) is 3.36. The van der Waals surface area contributed by atoms with Crippen molar-refractivity contribution in [2.45, 2.75) is 13.0 Å². The van der Waals surface area contributed by atoms with Gasteiger partial charge in [-0.1, -0.05) is 18.2 Å². The molecule has 0 bridgehead atoms. The molecule has 0 saturated heterocycles. The van der Waals surface area contributed by atoms with Gasteiger partial charge in [-0.15, -0.1) is 0 Å². The molecule has 1 aromatic heterocycles. The molecule has 92 valence electrons. The standard InChI is InChI=1S/C13H19N3O/c1-9-13(16(2)7-10(14)8-17)11-5-3-4-6-12(11)15-9/h3-6,10,15,17H,7-8,14H2,1-2H3. The monoisotopic (exact) mass is 233 g/mol. The van der Waals surface area contributed by atoms with Crippen molar-refractivity contribution in [3.63, 3.8) is 0 Å². The van der Waals surface area contributed by atoms with Crippen LogP contribution < -0.4 is 10.6 Å². The second-order valence-electron chi connectivity index (χ2n) is 4.47. The van der Waals surface area contributed by atoms with Crippen LogP contribution in [0.15, 0.2) is 24.3 Å². The van der Waals surface area contributed by atoms with Crippen LogP contribution in [0.4, 0.5) is 5.69 Å².